The Morgan fingerprint density at radius 2 is 1.85 bits per heavy atom. The van der Waals surface area contributed by atoms with Gasteiger partial charge in [-0.15, -0.1) is 0 Å². The van der Waals surface area contributed by atoms with Crippen molar-refractivity contribution in [3.8, 4) is 28.7 Å². The lowest BCUT2D eigenvalue weighted by Crippen LogP contribution is -2.26. The summed E-state index contributed by atoms with van der Waals surface area (Å²) >= 11 is 3.52. The molecule has 27 heavy (non-hydrogen) atoms. The van der Waals surface area contributed by atoms with E-state index in [0.29, 0.717) is 47.3 Å². The van der Waals surface area contributed by atoms with E-state index in [9.17, 15) is 4.79 Å². The average Bonchev–Trinajstić information content (AvgIpc) is 3.16. The summed E-state index contributed by atoms with van der Waals surface area (Å²) in [6.07, 6.45) is 0.611. The first kappa shape index (κ1) is 19.2. The molecule has 0 saturated heterocycles. The van der Waals surface area contributed by atoms with Gasteiger partial charge in [0.05, 0.1) is 26.9 Å². The normalized spacial score (nSPS) is 11.9. The number of amides is 1. The van der Waals surface area contributed by atoms with Crippen LogP contribution in [0, 0.1) is 0 Å². The van der Waals surface area contributed by atoms with Crippen LogP contribution in [0.25, 0.3) is 0 Å². The maximum atomic E-state index is 12.6. The van der Waals surface area contributed by atoms with Crippen LogP contribution in [0.2, 0.25) is 0 Å². The highest BCUT2D eigenvalue weighted by Gasteiger charge is 2.24. The molecule has 3 rings (SSSR count). The molecule has 0 atom stereocenters. The predicted octanol–water partition coefficient (Wildman–Crippen LogP) is 3.18. The summed E-state index contributed by atoms with van der Waals surface area (Å²) in [7, 11) is 4.67. The zero-order valence-corrected chi connectivity index (χ0v) is 16.8. The van der Waals surface area contributed by atoms with Crippen molar-refractivity contribution in [1.82, 2.24) is 5.32 Å². The first-order chi connectivity index (χ1) is 13.1. The number of hydrogen-bond acceptors (Lipinski definition) is 6. The minimum atomic E-state index is -0.248. The van der Waals surface area contributed by atoms with Gasteiger partial charge in [-0.3, -0.25) is 4.79 Å². The van der Waals surface area contributed by atoms with Crippen LogP contribution < -0.4 is 29.0 Å². The Morgan fingerprint density at radius 3 is 2.56 bits per heavy atom. The maximum absolute atomic E-state index is 12.6. The first-order valence-corrected chi connectivity index (χ1v) is 9.03. The Morgan fingerprint density at radius 1 is 1.11 bits per heavy atom. The molecule has 1 aliphatic heterocycles. The van der Waals surface area contributed by atoms with Gasteiger partial charge in [-0.2, -0.15) is 0 Å². The minimum Gasteiger partial charge on any atom is -0.493 e. The fourth-order valence-corrected chi connectivity index (χ4v) is 3.34. The van der Waals surface area contributed by atoms with Crippen molar-refractivity contribution >= 4 is 21.8 Å². The van der Waals surface area contributed by atoms with Crippen LogP contribution in [-0.2, 0) is 6.42 Å². The monoisotopic (exact) mass is 437 g/mol. The number of hydrogen-bond donors (Lipinski definition) is 1. The van der Waals surface area contributed by atoms with Crippen molar-refractivity contribution in [3.05, 3.63) is 39.9 Å². The number of benzene rings is 2. The summed E-state index contributed by atoms with van der Waals surface area (Å²) < 4.78 is 27.5. The molecule has 7 nitrogen and oxygen atoms in total. The van der Waals surface area contributed by atoms with Gasteiger partial charge in [0, 0.05) is 11.0 Å². The lowest BCUT2D eigenvalue weighted by molar-refractivity contribution is 0.0950. The molecule has 0 aromatic heterocycles. The van der Waals surface area contributed by atoms with Crippen LogP contribution in [-0.4, -0.2) is 40.6 Å². The van der Waals surface area contributed by atoms with Gasteiger partial charge < -0.3 is 29.0 Å². The molecule has 0 saturated carbocycles. The zero-order valence-electron chi connectivity index (χ0n) is 15.3. The number of carbonyl (C=O) groups is 1. The highest BCUT2D eigenvalue weighted by molar-refractivity contribution is 9.10. The molecule has 0 spiro atoms. The van der Waals surface area contributed by atoms with E-state index in [4.69, 9.17) is 23.7 Å². The van der Waals surface area contributed by atoms with E-state index in [1.54, 1.807) is 26.4 Å². The molecule has 0 aliphatic carbocycles. The molecule has 1 amide bonds. The van der Waals surface area contributed by atoms with Crippen LogP contribution in [0.5, 0.6) is 28.7 Å². The molecule has 8 heteroatoms. The highest BCUT2D eigenvalue weighted by atomic mass is 79.9. The minimum absolute atomic E-state index is 0.115. The number of fused-ring (bicyclic) bond motifs is 1. The molecule has 2 aromatic rings. The van der Waals surface area contributed by atoms with Gasteiger partial charge in [-0.05, 0) is 36.2 Å². The molecule has 0 radical (unpaired) electrons. The van der Waals surface area contributed by atoms with Gasteiger partial charge in [0.25, 0.3) is 5.91 Å². The van der Waals surface area contributed by atoms with E-state index >= 15 is 0 Å². The lowest BCUT2D eigenvalue weighted by Gasteiger charge is -2.13. The second kappa shape index (κ2) is 8.39. The van der Waals surface area contributed by atoms with Crippen LogP contribution in [0.3, 0.4) is 0 Å². The van der Waals surface area contributed by atoms with Crippen molar-refractivity contribution in [2.75, 3.05) is 34.7 Å². The third-order valence-electron chi connectivity index (χ3n) is 4.17. The van der Waals surface area contributed by atoms with E-state index in [1.165, 1.54) is 7.11 Å². The Bertz CT molecular complexity index is 855. The Kier molecular flexibility index (Phi) is 5.95. The first-order valence-electron chi connectivity index (χ1n) is 8.24. The number of ether oxygens (including phenoxy) is 5. The predicted molar refractivity (Wildman–Crippen MR) is 102 cm³/mol. The van der Waals surface area contributed by atoms with E-state index < -0.39 is 0 Å². The molecular formula is C19H20BrNO6. The standard InChI is InChI=1S/C19H20BrNO6/c1-23-15-8-11(13(20)9-16(15)24-2)6-7-21-19(22)12-4-5-14-18(17(12)25-3)27-10-26-14/h4-5,8-9H,6-7,10H2,1-3H3,(H,21,22). The van der Waals surface area contributed by atoms with E-state index in [2.05, 4.69) is 21.2 Å². The molecule has 0 bridgehead atoms. The SMILES string of the molecule is COc1cc(Br)c(CCNC(=O)c2ccc3c(c2OC)OCO3)cc1OC. The smallest absolute Gasteiger partial charge is 0.255 e. The van der Waals surface area contributed by atoms with Crippen molar-refractivity contribution < 1.29 is 28.5 Å². The fourth-order valence-electron chi connectivity index (χ4n) is 2.82. The van der Waals surface area contributed by atoms with Gasteiger partial charge in [0.2, 0.25) is 12.5 Å². The average molecular weight is 438 g/mol. The number of halogens is 1. The summed E-state index contributed by atoms with van der Waals surface area (Å²) in [4.78, 5) is 12.6. The maximum Gasteiger partial charge on any atom is 0.255 e. The van der Waals surface area contributed by atoms with Crippen molar-refractivity contribution in [3.63, 3.8) is 0 Å². The molecule has 0 unspecified atom stereocenters. The molecule has 1 heterocycles. The third-order valence-corrected chi connectivity index (χ3v) is 4.91. The lowest BCUT2D eigenvalue weighted by atomic mass is 10.1. The third kappa shape index (κ3) is 3.90. The van der Waals surface area contributed by atoms with Crippen molar-refractivity contribution in [1.29, 1.82) is 0 Å². The van der Waals surface area contributed by atoms with E-state index in [1.807, 2.05) is 12.1 Å². The van der Waals surface area contributed by atoms with Crippen LogP contribution in [0.15, 0.2) is 28.7 Å². The number of methoxy groups -OCH3 is 3. The quantitative estimate of drug-likeness (QED) is 0.716. The Hall–Kier alpha value is -2.61. The largest absolute Gasteiger partial charge is 0.493 e. The summed E-state index contributed by atoms with van der Waals surface area (Å²) in [6.45, 7) is 0.550. The number of nitrogens with one attached hydrogen (secondary N) is 1. The Labute approximate surface area is 165 Å². The fraction of sp³-hybridized carbons (Fsp3) is 0.316. The molecule has 0 fully saturated rings. The van der Waals surface area contributed by atoms with Gasteiger partial charge >= 0.3 is 0 Å². The van der Waals surface area contributed by atoms with Crippen molar-refractivity contribution in [2.45, 2.75) is 6.42 Å². The Balaban J connectivity index is 1.69. The highest BCUT2D eigenvalue weighted by Crippen LogP contribution is 2.43. The summed E-state index contributed by atoms with van der Waals surface area (Å²) in [5.74, 6) is 2.42. The zero-order chi connectivity index (χ0) is 19.4. The summed E-state index contributed by atoms with van der Waals surface area (Å²) in [5, 5.41) is 2.90. The second-order valence-electron chi connectivity index (χ2n) is 5.68. The van der Waals surface area contributed by atoms with Crippen LogP contribution in [0.4, 0.5) is 0 Å². The van der Waals surface area contributed by atoms with Gasteiger partial charge in [-0.25, -0.2) is 0 Å². The molecular weight excluding hydrogens is 418 g/mol. The second-order valence-corrected chi connectivity index (χ2v) is 6.54. The van der Waals surface area contributed by atoms with E-state index in [0.717, 1.165) is 10.0 Å². The van der Waals surface area contributed by atoms with Crippen LogP contribution >= 0.6 is 15.9 Å². The topological polar surface area (TPSA) is 75.3 Å². The number of carbonyl (C=O) groups excluding carboxylic acids is 1. The summed E-state index contributed by atoms with van der Waals surface area (Å²) in [6, 6.07) is 7.09. The van der Waals surface area contributed by atoms with Crippen LogP contribution in [0.1, 0.15) is 15.9 Å². The molecule has 2 aromatic carbocycles. The molecule has 144 valence electrons. The number of rotatable bonds is 7. The summed E-state index contributed by atoms with van der Waals surface area (Å²) in [5.41, 5.74) is 1.39. The molecule has 1 N–H and O–H groups in total. The van der Waals surface area contributed by atoms with Gasteiger partial charge in [-0.1, -0.05) is 15.9 Å². The van der Waals surface area contributed by atoms with E-state index in [-0.39, 0.29) is 12.7 Å². The van der Waals surface area contributed by atoms with Crippen molar-refractivity contribution in [2.24, 2.45) is 0 Å². The van der Waals surface area contributed by atoms with Gasteiger partial charge in [0.15, 0.2) is 23.0 Å². The molecule has 1 aliphatic rings. The van der Waals surface area contributed by atoms with Gasteiger partial charge in [0.1, 0.15) is 0 Å².